The van der Waals surface area contributed by atoms with E-state index in [9.17, 15) is 19.7 Å². The number of carbonyl (C=O) groups is 2. The largest absolute Gasteiger partial charge is 0.460 e. The van der Waals surface area contributed by atoms with Crippen LogP contribution in [0.15, 0.2) is 53.5 Å². The second-order valence-corrected chi connectivity index (χ2v) is 5.17. The maximum Gasteiger partial charge on any atom is 0.322 e. The number of nitrogens with zero attached hydrogens (tertiary/aromatic N) is 2. The highest BCUT2D eigenvalue weighted by molar-refractivity contribution is 6.22. The number of fused-ring (bicyclic) bond motifs is 1. The summed E-state index contributed by atoms with van der Waals surface area (Å²) in [5.74, 6) is -2.12. The monoisotopic (exact) mass is 324 g/mol. The molecule has 0 bridgehead atoms. The lowest BCUT2D eigenvalue weighted by atomic mass is 9.95. The van der Waals surface area contributed by atoms with Crippen LogP contribution < -0.4 is 0 Å². The number of carbonyl (C=O) groups excluding carboxylic acids is 2. The molecule has 1 aliphatic rings. The van der Waals surface area contributed by atoms with Crippen LogP contribution in [0, 0.1) is 16.0 Å². The fourth-order valence-electron chi connectivity index (χ4n) is 2.31. The summed E-state index contributed by atoms with van der Waals surface area (Å²) in [4.78, 5) is 38.6. The first-order valence-electron chi connectivity index (χ1n) is 7.13. The van der Waals surface area contributed by atoms with E-state index in [2.05, 4.69) is 4.99 Å². The molecule has 0 aromatic heterocycles. The van der Waals surface area contributed by atoms with Crippen LogP contribution in [-0.4, -0.2) is 22.9 Å². The fourth-order valence-corrected chi connectivity index (χ4v) is 2.31. The first-order chi connectivity index (χ1) is 11.6. The SMILES string of the molecule is O=C(OCc1ccc([N+](=O)[O-])cc1)C1C=Nc2ccccc2C1=O. The van der Waals surface area contributed by atoms with Crippen molar-refractivity contribution >= 4 is 29.3 Å². The summed E-state index contributed by atoms with van der Waals surface area (Å²) in [5.41, 5.74) is 1.46. The summed E-state index contributed by atoms with van der Waals surface area (Å²) in [6.45, 7) is -0.0733. The molecule has 1 aliphatic heterocycles. The molecule has 0 aliphatic carbocycles. The Labute approximate surface area is 136 Å². The Morgan fingerprint density at radius 2 is 1.88 bits per heavy atom. The number of benzene rings is 2. The number of ether oxygens (including phenoxy) is 1. The molecule has 120 valence electrons. The third-order valence-electron chi connectivity index (χ3n) is 3.60. The molecular weight excluding hydrogens is 312 g/mol. The van der Waals surface area contributed by atoms with Crippen molar-refractivity contribution in [2.24, 2.45) is 10.9 Å². The van der Waals surface area contributed by atoms with Gasteiger partial charge in [0.15, 0.2) is 11.7 Å². The Balaban J connectivity index is 1.66. The van der Waals surface area contributed by atoms with Crippen molar-refractivity contribution in [1.29, 1.82) is 0 Å². The first kappa shape index (κ1) is 15.5. The van der Waals surface area contributed by atoms with Crippen LogP contribution in [0.3, 0.4) is 0 Å². The number of aliphatic imine (C=N–C) groups is 1. The molecule has 0 N–H and O–H groups in total. The zero-order chi connectivity index (χ0) is 17.1. The van der Waals surface area contributed by atoms with Crippen molar-refractivity contribution in [3.05, 3.63) is 69.8 Å². The summed E-state index contributed by atoms with van der Waals surface area (Å²) >= 11 is 0. The number of nitro benzene ring substituents is 1. The number of ketones is 1. The van der Waals surface area contributed by atoms with Gasteiger partial charge in [0, 0.05) is 23.9 Å². The predicted octanol–water partition coefficient (Wildman–Crippen LogP) is 2.85. The van der Waals surface area contributed by atoms with Crippen LogP contribution in [0.25, 0.3) is 0 Å². The zero-order valence-electron chi connectivity index (χ0n) is 12.4. The molecule has 1 atom stereocenters. The van der Waals surface area contributed by atoms with E-state index in [1.165, 1.54) is 30.5 Å². The van der Waals surface area contributed by atoms with Gasteiger partial charge in [-0.2, -0.15) is 0 Å². The molecule has 3 rings (SSSR count). The third kappa shape index (κ3) is 3.05. The molecule has 2 aromatic rings. The number of esters is 1. The number of nitro groups is 1. The molecule has 0 fully saturated rings. The Kier molecular flexibility index (Phi) is 4.15. The van der Waals surface area contributed by atoms with Gasteiger partial charge in [0.25, 0.3) is 5.69 Å². The molecule has 0 radical (unpaired) electrons. The highest BCUT2D eigenvalue weighted by Crippen LogP contribution is 2.26. The molecule has 0 saturated carbocycles. The quantitative estimate of drug-likeness (QED) is 0.373. The minimum atomic E-state index is -1.07. The van der Waals surface area contributed by atoms with E-state index < -0.39 is 16.8 Å². The lowest BCUT2D eigenvalue weighted by molar-refractivity contribution is -0.384. The Hall–Kier alpha value is -3.35. The molecule has 7 heteroatoms. The van der Waals surface area contributed by atoms with E-state index in [0.29, 0.717) is 16.8 Å². The van der Waals surface area contributed by atoms with Crippen LogP contribution in [0.1, 0.15) is 15.9 Å². The number of Topliss-reactive ketones (excluding diaryl/α,β-unsaturated/α-hetero) is 1. The topological polar surface area (TPSA) is 98.9 Å². The Morgan fingerprint density at radius 3 is 2.58 bits per heavy atom. The van der Waals surface area contributed by atoms with E-state index in [-0.39, 0.29) is 18.1 Å². The average molecular weight is 324 g/mol. The second kappa shape index (κ2) is 6.41. The maximum atomic E-state index is 12.3. The maximum absolute atomic E-state index is 12.3. The van der Waals surface area contributed by atoms with Gasteiger partial charge in [-0.25, -0.2) is 0 Å². The summed E-state index contributed by atoms with van der Waals surface area (Å²) in [5, 5.41) is 10.6. The highest BCUT2D eigenvalue weighted by Gasteiger charge is 2.31. The average Bonchev–Trinajstić information content (AvgIpc) is 2.60. The van der Waals surface area contributed by atoms with Crippen LogP contribution in [0.4, 0.5) is 11.4 Å². The molecular formula is C17H12N2O5. The smallest absolute Gasteiger partial charge is 0.322 e. The second-order valence-electron chi connectivity index (χ2n) is 5.17. The fraction of sp³-hybridized carbons (Fsp3) is 0.118. The minimum absolute atomic E-state index is 0.0451. The van der Waals surface area contributed by atoms with Crippen molar-refractivity contribution in [1.82, 2.24) is 0 Å². The lowest BCUT2D eigenvalue weighted by Gasteiger charge is -2.16. The van der Waals surface area contributed by atoms with E-state index in [4.69, 9.17) is 4.74 Å². The van der Waals surface area contributed by atoms with Crippen molar-refractivity contribution < 1.29 is 19.2 Å². The number of rotatable bonds is 4. The normalized spacial score (nSPS) is 15.7. The number of para-hydroxylation sites is 1. The van der Waals surface area contributed by atoms with Crippen LogP contribution in [0.5, 0.6) is 0 Å². The number of hydrogen-bond acceptors (Lipinski definition) is 6. The van der Waals surface area contributed by atoms with Crippen molar-refractivity contribution in [3.8, 4) is 0 Å². The molecule has 2 aromatic carbocycles. The van der Waals surface area contributed by atoms with Crippen molar-refractivity contribution in [3.63, 3.8) is 0 Å². The number of hydrogen-bond donors (Lipinski definition) is 0. The van der Waals surface area contributed by atoms with Crippen LogP contribution in [0.2, 0.25) is 0 Å². The van der Waals surface area contributed by atoms with Gasteiger partial charge in [-0.1, -0.05) is 12.1 Å². The molecule has 0 amide bonds. The number of non-ortho nitro benzene ring substituents is 1. The predicted molar refractivity (Wildman–Crippen MR) is 85.3 cm³/mol. The standard InChI is InChI=1S/C17H12N2O5/c20-16-13-3-1-2-4-15(13)18-9-14(16)17(21)24-10-11-5-7-12(8-6-11)19(22)23/h1-9,14H,10H2. The summed E-state index contributed by atoms with van der Waals surface area (Å²) in [6, 6.07) is 12.4. The van der Waals surface area contributed by atoms with Crippen LogP contribution in [-0.2, 0) is 16.1 Å². The Bertz CT molecular complexity index is 842. The van der Waals surface area contributed by atoms with E-state index in [0.717, 1.165) is 0 Å². The molecule has 24 heavy (non-hydrogen) atoms. The van der Waals surface area contributed by atoms with Gasteiger partial charge in [-0.05, 0) is 29.8 Å². The minimum Gasteiger partial charge on any atom is -0.460 e. The molecule has 7 nitrogen and oxygen atoms in total. The molecule has 1 heterocycles. The van der Waals surface area contributed by atoms with Gasteiger partial charge in [-0.15, -0.1) is 0 Å². The van der Waals surface area contributed by atoms with Gasteiger partial charge >= 0.3 is 5.97 Å². The molecule has 0 spiro atoms. The van der Waals surface area contributed by atoms with Gasteiger partial charge in [-0.3, -0.25) is 24.7 Å². The van der Waals surface area contributed by atoms with Crippen molar-refractivity contribution in [2.45, 2.75) is 6.61 Å². The van der Waals surface area contributed by atoms with E-state index in [1.807, 2.05) is 0 Å². The summed E-state index contributed by atoms with van der Waals surface area (Å²) in [7, 11) is 0. The summed E-state index contributed by atoms with van der Waals surface area (Å²) in [6.07, 6.45) is 1.28. The Morgan fingerprint density at radius 1 is 1.17 bits per heavy atom. The van der Waals surface area contributed by atoms with Crippen molar-refractivity contribution in [2.75, 3.05) is 0 Å². The summed E-state index contributed by atoms with van der Waals surface area (Å²) < 4.78 is 5.13. The molecule has 1 unspecified atom stereocenters. The lowest BCUT2D eigenvalue weighted by Crippen LogP contribution is -2.29. The molecule has 0 saturated heterocycles. The van der Waals surface area contributed by atoms with E-state index >= 15 is 0 Å². The van der Waals surface area contributed by atoms with Gasteiger partial charge < -0.3 is 4.74 Å². The van der Waals surface area contributed by atoms with Gasteiger partial charge in [0.05, 0.1) is 10.6 Å². The van der Waals surface area contributed by atoms with Gasteiger partial charge in [0.1, 0.15) is 6.61 Å². The van der Waals surface area contributed by atoms with Crippen LogP contribution >= 0.6 is 0 Å². The zero-order valence-corrected chi connectivity index (χ0v) is 12.4. The van der Waals surface area contributed by atoms with Gasteiger partial charge in [0.2, 0.25) is 0 Å². The highest BCUT2D eigenvalue weighted by atomic mass is 16.6. The third-order valence-corrected chi connectivity index (χ3v) is 3.60. The first-order valence-corrected chi connectivity index (χ1v) is 7.13. The van der Waals surface area contributed by atoms with E-state index in [1.54, 1.807) is 24.3 Å².